The third-order valence-corrected chi connectivity index (χ3v) is 5.35. The van der Waals surface area contributed by atoms with E-state index in [4.69, 9.17) is 13.9 Å². The van der Waals surface area contributed by atoms with Crippen LogP contribution >= 0.6 is 15.9 Å². The molecule has 0 saturated heterocycles. The number of hydrogen-bond acceptors (Lipinski definition) is 5. The van der Waals surface area contributed by atoms with Crippen LogP contribution in [-0.2, 0) is 11.2 Å². The van der Waals surface area contributed by atoms with Gasteiger partial charge in [-0.25, -0.2) is 4.98 Å². The second-order valence-electron chi connectivity index (χ2n) is 6.89. The predicted octanol–water partition coefficient (Wildman–Crippen LogP) is 5.85. The summed E-state index contributed by atoms with van der Waals surface area (Å²) in [5.41, 5.74) is 4.22. The summed E-state index contributed by atoms with van der Waals surface area (Å²) in [6, 6.07) is 18.5. The van der Waals surface area contributed by atoms with Crippen molar-refractivity contribution in [3.63, 3.8) is 0 Å². The molecule has 1 aromatic heterocycles. The number of nitrogens with one attached hydrogen (secondary N) is 1. The monoisotopic (exact) mass is 480 g/mol. The Bertz CT molecular complexity index is 1200. The SMILES string of the molecule is CCc1cc(Br)c2oc(-c3ccc(NC(=O)COc4ccc(OC)cc4)cc3)nc2c1. The van der Waals surface area contributed by atoms with Crippen LogP contribution in [0, 0.1) is 0 Å². The molecule has 0 saturated carbocycles. The van der Waals surface area contributed by atoms with Crippen molar-refractivity contribution in [3.05, 3.63) is 70.7 Å². The predicted molar refractivity (Wildman–Crippen MR) is 124 cm³/mol. The number of hydrogen-bond donors (Lipinski definition) is 1. The Hall–Kier alpha value is -3.32. The first-order valence-corrected chi connectivity index (χ1v) is 10.6. The van der Waals surface area contributed by atoms with E-state index >= 15 is 0 Å². The van der Waals surface area contributed by atoms with Crippen molar-refractivity contribution in [1.29, 1.82) is 0 Å². The molecule has 31 heavy (non-hydrogen) atoms. The van der Waals surface area contributed by atoms with E-state index in [1.54, 1.807) is 31.4 Å². The maximum atomic E-state index is 12.2. The summed E-state index contributed by atoms with van der Waals surface area (Å²) in [6.07, 6.45) is 0.924. The number of ether oxygens (including phenoxy) is 2. The first-order valence-electron chi connectivity index (χ1n) is 9.82. The maximum absolute atomic E-state index is 12.2. The fourth-order valence-corrected chi connectivity index (χ4v) is 3.67. The number of carbonyl (C=O) groups excluding carboxylic acids is 1. The van der Waals surface area contributed by atoms with Gasteiger partial charge >= 0.3 is 0 Å². The van der Waals surface area contributed by atoms with Crippen molar-refractivity contribution in [2.75, 3.05) is 19.0 Å². The van der Waals surface area contributed by atoms with Crippen molar-refractivity contribution >= 4 is 38.6 Å². The van der Waals surface area contributed by atoms with Gasteiger partial charge in [-0.3, -0.25) is 4.79 Å². The van der Waals surface area contributed by atoms with Gasteiger partial charge in [0.1, 0.15) is 17.0 Å². The summed E-state index contributed by atoms with van der Waals surface area (Å²) >= 11 is 3.55. The molecule has 0 aliphatic rings. The number of aromatic nitrogens is 1. The summed E-state index contributed by atoms with van der Waals surface area (Å²) in [6.45, 7) is 2.01. The summed E-state index contributed by atoms with van der Waals surface area (Å²) in [5.74, 6) is 1.61. The number of fused-ring (bicyclic) bond motifs is 1. The molecule has 1 heterocycles. The number of nitrogens with zero attached hydrogens (tertiary/aromatic N) is 1. The number of carbonyl (C=O) groups is 1. The van der Waals surface area contributed by atoms with E-state index in [1.807, 2.05) is 36.4 Å². The van der Waals surface area contributed by atoms with Gasteiger partial charge in [-0.05, 0) is 88.6 Å². The van der Waals surface area contributed by atoms with Gasteiger partial charge in [0.15, 0.2) is 12.2 Å². The molecule has 0 bridgehead atoms. The number of aryl methyl sites for hydroxylation is 1. The lowest BCUT2D eigenvalue weighted by atomic mass is 10.1. The van der Waals surface area contributed by atoms with Crippen molar-refractivity contribution in [3.8, 4) is 23.0 Å². The quantitative estimate of drug-likeness (QED) is 0.359. The maximum Gasteiger partial charge on any atom is 0.262 e. The van der Waals surface area contributed by atoms with Crippen molar-refractivity contribution in [1.82, 2.24) is 4.98 Å². The van der Waals surface area contributed by atoms with Crippen molar-refractivity contribution in [2.45, 2.75) is 13.3 Å². The molecule has 4 rings (SSSR count). The second-order valence-corrected chi connectivity index (χ2v) is 7.74. The Morgan fingerprint density at radius 1 is 1.06 bits per heavy atom. The fourth-order valence-electron chi connectivity index (χ4n) is 3.09. The smallest absolute Gasteiger partial charge is 0.262 e. The van der Waals surface area contributed by atoms with E-state index in [-0.39, 0.29) is 12.5 Å². The van der Waals surface area contributed by atoms with Crippen LogP contribution in [0.2, 0.25) is 0 Å². The number of amides is 1. The zero-order valence-corrected chi connectivity index (χ0v) is 18.7. The van der Waals surface area contributed by atoms with Gasteiger partial charge in [-0.15, -0.1) is 0 Å². The molecule has 0 aliphatic heterocycles. The average Bonchev–Trinajstić information content (AvgIpc) is 3.23. The standard InChI is InChI=1S/C24H21BrN2O4/c1-3-15-12-20(25)23-21(13-15)27-24(31-23)16-4-6-17(7-5-16)26-22(28)14-30-19-10-8-18(29-2)9-11-19/h4-13H,3,14H2,1-2H3,(H,26,28). The Balaban J connectivity index is 1.40. The van der Waals surface area contributed by atoms with Gasteiger partial charge in [-0.2, -0.15) is 0 Å². The molecule has 3 aromatic carbocycles. The zero-order chi connectivity index (χ0) is 21.8. The highest BCUT2D eigenvalue weighted by atomic mass is 79.9. The number of anilines is 1. The third kappa shape index (κ3) is 4.88. The van der Waals surface area contributed by atoms with E-state index in [0.29, 0.717) is 17.3 Å². The Labute approximate surface area is 188 Å². The molecule has 0 spiro atoms. The number of benzene rings is 3. The molecule has 0 radical (unpaired) electrons. The lowest BCUT2D eigenvalue weighted by Gasteiger charge is -2.08. The highest BCUT2D eigenvalue weighted by Gasteiger charge is 2.12. The minimum Gasteiger partial charge on any atom is -0.497 e. The summed E-state index contributed by atoms with van der Waals surface area (Å²) in [4.78, 5) is 16.8. The van der Waals surface area contributed by atoms with Gasteiger partial charge in [0, 0.05) is 11.3 Å². The Morgan fingerprint density at radius 3 is 2.45 bits per heavy atom. The fraction of sp³-hybridized carbons (Fsp3) is 0.167. The van der Waals surface area contributed by atoms with Crippen LogP contribution in [0.4, 0.5) is 5.69 Å². The zero-order valence-electron chi connectivity index (χ0n) is 17.1. The van der Waals surface area contributed by atoms with Crippen LogP contribution in [0.15, 0.2) is 69.6 Å². The number of methoxy groups -OCH3 is 1. The van der Waals surface area contributed by atoms with Gasteiger partial charge < -0.3 is 19.2 Å². The molecule has 0 aliphatic carbocycles. The van der Waals surface area contributed by atoms with E-state index in [9.17, 15) is 4.79 Å². The van der Waals surface area contributed by atoms with E-state index in [1.165, 1.54) is 5.56 Å². The van der Waals surface area contributed by atoms with Gasteiger partial charge in [-0.1, -0.05) is 6.92 Å². The lowest BCUT2D eigenvalue weighted by molar-refractivity contribution is -0.118. The molecule has 158 valence electrons. The van der Waals surface area contributed by atoms with Crippen LogP contribution in [0.25, 0.3) is 22.6 Å². The highest BCUT2D eigenvalue weighted by molar-refractivity contribution is 9.10. The van der Waals surface area contributed by atoms with E-state index in [0.717, 1.165) is 33.3 Å². The first-order chi connectivity index (χ1) is 15.1. The normalized spacial score (nSPS) is 10.8. The van der Waals surface area contributed by atoms with Crippen LogP contribution in [0.3, 0.4) is 0 Å². The highest BCUT2D eigenvalue weighted by Crippen LogP contribution is 2.31. The molecule has 0 fully saturated rings. The minimum atomic E-state index is -0.249. The van der Waals surface area contributed by atoms with E-state index in [2.05, 4.69) is 33.2 Å². The molecular weight excluding hydrogens is 460 g/mol. The second kappa shape index (κ2) is 9.22. The van der Waals surface area contributed by atoms with Crippen LogP contribution in [0.5, 0.6) is 11.5 Å². The van der Waals surface area contributed by atoms with Crippen LogP contribution in [0.1, 0.15) is 12.5 Å². The number of rotatable bonds is 7. The Kier molecular flexibility index (Phi) is 6.23. The molecule has 1 amide bonds. The molecule has 7 heteroatoms. The van der Waals surface area contributed by atoms with Crippen LogP contribution < -0.4 is 14.8 Å². The van der Waals surface area contributed by atoms with Crippen LogP contribution in [-0.4, -0.2) is 24.6 Å². The molecule has 6 nitrogen and oxygen atoms in total. The average molecular weight is 481 g/mol. The molecule has 4 aromatic rings. The molecule has 0 atom stereocenters. The minimum absolute atomic E-state index is 0.0903. The van der Waals surface area contributed by atoms with E-state index < -0.39 is 0 Å². The molecule has 0 unspecified atom stereocenters. The van der Waals surface area contributed by atoms with Gasteiger partial charge in [0.05, 0.1) is 11.6 Å². The summed E-state index contributed by atoms with van der Waals surface area (Å²) in [5, 5.41) is 2.82. The first kappa shape index (κ1) is 20.9. The number of oxazole rings is 1. The van der Waals surface area contributed by atoms with Gasteiger partial charge in [0.2, 0.25) is 5.89 Å². The molecule has 1 N–H and O–H groups in total. The Morgan fingerprint density at radius 2 is 1.77 bits per heavy atom. The summed E-state index contributed by atoms with van der Waals surface area (Å²) < 4.78 is 17.4. The van der Waals surface area contributed by atoms with Crippen molar-refractivity contribution in [2.24, 2.45) is 0 Å². The summed E-state index contributed by atoms with van der Waals surface area (Å²) in [7, 11) is 1.60. The third-order valence-electron chi connectivity index (χ3n) is 4.76. The largest absolute Gasteiger partial charge is 0.497 e. The lowest BCUT2D eigenvalue weighted by Crippen LogP contribution is -2.20. The molecular formula is C24H21BrN2O4. The van der Waals surface area contributed by atoms with Crippen molar-refractivity contribution < 1.29 is 18.7 Å². The topological polar surface area (TPSA) is 73.6 Å². The van der Waals surface area contributed by atoms with Gasteiger partial charge in [0.25, 0.3) is 5.91 Å². The number of halogens is 1.